The average Bonchev–Trinajstić information content (AvgIpc) is 3.15. The molecule has 1 saturated heterocycles. The summed E-state index contributed by atoms with van der Waals surface area (Å²) >= 11 is 0. The van der Waals surface area contributed by atoms with Crippen molar-refractivity contribution < 1.29 is 23.0 Å². The molecule has 8 heteroatoms. The van der Waals surface area contributed by atoms with Crippen molar-refractivity contribution in [2.24, 2.45) is 0 Å². The Labute approximate surface area is 214 Å². The minimum Gasteiger partial charge on any atom is -0.488 e. The predicted octanol–water partition coefficient (Wildman–Crippen LogP) is 5.85. The number of ether oxygens (including phenoxy) is 2. The molecule has 1 amide bonds. The number of carbonyl (C=O) groups excluding carboxylic acids is 1. The van der Waals surface area contributed by atoms with Crippen LogP contribution in [0.15, 0.2) is 48.5 Å². The van der Waals surface area contributed by atoms with Crippen molar-refractivity contribution in [3.05, 3.63) is 65.7 Å². The largest absolute Gasteiger partial charge is 0.488 e. The monoisotopic (exact) mass is 505 g/mol. The van der Waals surface area contributed by atoms with Crippen LogP contribution in [0.25, 0.3) is 11.1 Å². The number of rotatable bonds is 5. The third-order valence-electron chi connectivity index (χ3n) is 7.89. The molecule has 192 valence electrons. The number of likely N-dealkylation sites (tertiary alicyclic amines) is 1. The molecule has 0 radical (unpaired) electrons. The molecular formula is C29H29F2N3O3. The van der Waals surface area contributed by atoms with Crippen LogP contribution in [0.1, 0.15) is 37.7 Å². The summed E-state index contributed by atoms with van der Waals surface area (Å²) < 4.78 is 40.3. The normalized spacial score (nSPS) is 18.8. The minimum absolute atomic E-state index is 0.0107. The number of piperidine rings is 1. The summed E-state index contributed by atoms with van der Waals surface area (Å²) in [6, 6.07) is 12.2. The molecular weight excluding hydrogens is 476 g/mol. The third kappa shape index (κ3) is 4.19. The van der Waals surface area contributed by atoms with Gasteiger partial charge < -0.3 is 25.4 Å². The average molecular weight is 506 g/mol. The summed E-state index contributed by atoms with van der Waals surface area (Å²) in [5.74, 6) is -0.573. The van der Waals surface area contributed by atoms with Crippen molar-refractivity contribution in [2.75, 3.05) is 31.2 Å². The van der Waals surface area contributed by atoms with E-state index in [-0.39, 0.29) is 17.8 Å². The van der Waals surface area contributed by atoms with Crippen LogP contribution in [-0.4, -0.2) is 37.0 Å². The first-order valence-electron chi connectivity index (χ1n) is 12.7. The molecule has 3 aromatic rings. The number of nitrogens with two attached hydrogens (primary N) is 1. The summed E-state index contributed by atoms with van der Waals surface area (Å²) in [5.41, 5.74) is 9.16. The van der Waals surface area contributed by atoms with Crippen LogP contribution in [0.5, 0.6) is 17.2 Å². The highest BCUT2D eigenvalue weighted by Crippen LogP contribution is 2.55. The summed E-state index contributed by atoms with van der Waals surface area (Å²) in [6.07, 6.45) is 4.37. The maximum absolute atomic E-state index is 14.4. The summed E-state index contributed by atoms with van der Waals surface area (Å²) in [5, 5.41) is 3.10. The molecule has 6 rings (SSSR count). The lowest BCUT2D eigenvalue weighted by Gasteiger charge is -2.36. The van der Waals surface area contributed by atoms with Crippen LogP contribution >= 0.6 is 0 Å². The van der Waals surface area contributed by atoms with Crippen LogP contribution in [0, 0.1) is 11.6 Å². The van der Waals surface area contributed by atoms with Gasteiger partial charge in [-0.05, 0) is 86.3 Å². The second-order valence-electron chi connectivity index (χ2n) is 10.3. The molecule has 0 unspecified atom stereocenters. The fraction of sp³-hybridized carbons (Fsp3) is 0.345. The number of fused-ring (bicyclic) bond motifs is 2. The molecule has 37 heavy (non-hydrogen) atoms. The Morgan fingerprint density at radius 1 is 1.00 bits per heavy atom. The van der Waals surface area contributed by atoms with Crippen LogP contribution in [0.3, 0.4) is 0 Å². The van der Waals surface area contributed by atoms with Crippen molar-refractivity contribution in [2.45, 2.75) is 43.6 Å². The van der Waals surface area contributed by atoms with E-state index in [1.165, 1.54) is 6.07 Å². The van der Waals surface area contributed by atoms with Gasteiger partial charge in [-0.15, -0.1) is 0 Å². The van der Waals surface area contributed by atoms with E-state index in [0.29, 0.717) is 22.7 Å². The summed E-state index contributed by atoms with van der Waals surface area (Å²) in [6.45, 7) is 1.89. The van der Waals surface area contributed by atoms with E-state index < -0.39 is 17.0 Å². The number of benzene rings is 3. The van der Waals surface area contributed by atoms with Gasteiger partial charge in [0.15, 0.2) is 11.6 Å². The van der Waals surface area contributed by atoms with Gasteiger partial charge in [0.25, 0.3) is 0 Å². The van der Waals surface area contributed by atoms with Crippen LogP contribution in [0.4, 0.5) is 20.2 Å². The molecule has 0 aromatic heterocycles. The third-order valence-corrected chi connectivity index (χ3v) is 7.89. The van der Waals surface area contributed by atoms with Gasteiger partial charge >= 0.3 is 0 Å². The van der Waals surface area contributed by atoms with Crippen LogP contribution in [-0.2, 0) is 10.2 Å². The number of hydrogen-bond acceptors (Lipinski definition) is 5. The van der Waals surface area contributed by atoms with Gasteiger partial charge in [0.1, 0.15) is 23.4 Å². The van der Waals surface area contributed by atoms with Gasteiger partial charge in [0.05, 0.1) is 11.1 Å². The van der Waals surface area contributed by atoms with Crippen LogP contribution < -0.4 is 20.5 Å². The second kappa shape index (κ2) is 9.03. The lowest BCUT2D eigenvalue weighted by molar-refractivity contribution is -0.123. The molecule has 3 aliphatic rings. The molecule has 1 aliphatic carbocycles. The first kappa shape index (κ1) is 23.7. The molecule has 0 atom stereocenters. The summed E-state index contributed by atoms with van der Waals surface area (Å²) in [7, 11) is 2.10. The van der Waals surface area contributed by atoms with E-state index in [0.717, 1.165) is 74.1 Å². The smallest absolute Gasteiger partial charge is 0.235 e. The Bertz CT molecular complexity index is 1380. The molecule has 2 aliphatic heterocycles. The van der Waals surface area contributed by atoms with E-state index in [1.807, 2.05) is 12.1 Å². The molecule has 2 heterocycles. The highest BCUT2D eigenvalue weighted by molar-refractivity contribution is 6.09. The van der Waals surface area contributed by atoms with Gasteiger partial charge in [-0.1, -0.05) is 6.42 Å². The van der Waals surface area contributed by atoms with Gasteiger partial charge in [-0.25, -0.2) is 8.78 Å². The molecule has 0 bridgehead atoms. The first-order valence-corrected chi connectivity index (χ1v) is 12.7. The number of amides is 1. The number of halogens is 2. The highest BCUT2D eigenvalue weighted by atomic mass is 19.1. The highest BCUT2D eigenvalue weighted by Gasteiger charge is 2.52. The van der Waals surface area contributed by atoms with E-state index >= 15 is 0 Å². The quantitative estimate of drug-likeness (QED) is 0.425. The van der Waals surface area contributed by atoms with Crippen molar-refractivity contribution in [3.63, 3.8) is 0 Å². The minimum atomic E-state index is -0.800. The zero-order chi connectivity index (χ0) is 25.7. The molecule has 3 N–H and O–H groups in total. The summed E-state index contributed by atoms with van der Waals surface area (Å²) in [4.78, 5) is 15.4. The predicted molar refractivity (Wildman–Crippen MR) is 138 cm³/mol. The molecule has 6 nitrogen and oxygen atoms in total. The lowest BCUT2D eigenvalue weighted by atomic mass is 9.65. The lowest BCUT2D eigenvalue weighted by Crippen LogP contribution is -2.40. The molecule has 2 fully saturated rings. The fourth-order valence-electron chi connectivity index (χ4n) is 5.57. The Hall–Kier alpha value is -3.65. The molecule has 1 saturated carbocycles. The van der Waals surface area contributed by atoms with Gasteiger partial charge in [-0.2, -0.15) is 0 Å². The standard InChI is InChI=1S/C29H29F2N3O3/c1-34-11-7-20(8-12-34)36-26-14-17(13-22-27(26)33-28(35)29(22)9-2-10-29)21-16-19(32)4-6-24(21)37-25-5-3-18(30)15-23(25)31/h3-6,13-16,20H,2,7-12,32H2,1H3,(H,33,35). The molecule has 1 spiro atoms. The van der Waals surface area contributed by atoms with E-state index in [1.54, 1.807) is 18.2 Å². The van der Waals surface area contributed by atoms with Crippen molar-refractivity contribution in [1.29, 1.82) is 0 Å². The number of nitrogens with one attached hydrogen (secondary N) is 1. The van der Waals surface area contributed by atoms with Gasteiger partial charge in [0.2, 0.25) is 5.91 Å². The zero-order valence-corrected chi connectivity index (χ0v) is 20.7. The number of hydrogen-bond donors (Lipinski definition) is 2. The Morgan fingerprint density at radius 3 is 2.46 bits per heavy atom. The maximum atomic E-state index is 14.4. The van der Waals surface area contributed by atoms with Crippen LogP contribution in [0.2, 0.25) is 0 Å². The van der Waals surface area contributed by atoms with E-state index in [4.69, 9.17) is 15.2 Å². The topological polar surface area (TPSA) is 76.8 Å². The van der Waals surface area contributed by atoms with E-state index in [2.05, 4.69) is 17.3 Å². The first-order chi connectivity index (χ1) is 17.8. The Morgan fingerprint density at radius 2 is 1.76 bits per heavy atom. The fourth-order valence-corrected chi connectivity index (χ4v) is 5.57. The SMILES string of the molecule is CN1CCC(Oc2cc(-c3cc(N)ccc3Oc3ccc(F)cc3F)cc3c2NC(=O)C32CCC2)CC1. The Balaban J connectivity index is 1.44. The van der Waals surface area contributed by atoms with E-state index in [9.17, 15) is 13.6 Å². The number of carbonyl (C=O) groups is 1. The number of nitrogen functional groups attached to an aromatic ring is 1. The number of nitrogens with zero attached hydrogens (tertiary/aromatic N) is 1. The van der Waals surface area contributed by atoms with Gasteiger partial charge in [0, 0.05) is 30.4 Å². The van der Waals surface area contributed by atoms with Crippen molar-refractivity contribution in [1.82, 2.24) is 4.90 Å². The molecule has 3 aromatic carbocycles. The second-order valence-corrected chi connectivity index (χ2v) is 10.3. The van der Waals surface area contributed by atoms with Crippen molar-refractivity contribution in [3.8, 4) is 28.4 Å². The zero-order valence-electron chi connectivity index (χ0n) is 20.7. The van der Waals surface area contributed by atoms with Gasteiger partial charge in [-0.3, -0.25) is 4.79 Å². The maximum Gasteiger partial charge on any atom is 0.235 e. The number of anilines is 2. The Kier molecular flexibility index (Phi) is 5.79. The van der Waals surface area contributed by atoms with Crippen molar-refractivity contribution >= 4 is 17.3 Å².